The first-order valence-corrected chi connectivity index (χ1v) is 5.93. The lowest BCUT2D eigenvalue weighted by Crippen LogP contribution is -1.87. The maximum Gasteiger partial charge on any atom is 0.136 e. The quantitative estimate of drug-likeness (QED) is 0.740. The first-order valence-electron chi connectivity index (χ1n) is 5.13. The molecule has 3 nitrogen and oxygen atoms in total. The van der Waals surface area contributed by atoms with Crippen LogP contribution in [0.25, 0.3) is 22.3 Å². The van der Waals surface area contributed by atoms with Crippen molar-refractivity contribution in [1.29, 1.82) is 0 Å². The molecule has 3 rings (SSSR count). The fourth-order valence-corrected chi connectivity index (χ4v) is 2.09. The van der Waals surface area contributed by atoms with Crippen molar-refractivity contribution in [1.82, 2.24) is 4.98 Å². The highest BCUT2D eigenvalue weighted by Gasteiger charge is 2.06. The van der Waals surface area contributed by atoms with Gasteiger partial charge in [0.15, 0.2) is 0 Å². The first kappa shape index (κ1) is 10.4. The van der Waals surface area contributed by atoms with Crippen LogP contribution in [0.4, 0.5) is 5.82 Å². The van der Waals surface area contributed by atoms with E-state index in [1.54, 1.807) is 12.3 Å². The molecule has 0 aliphatic rings. The molecule has 0 aliphatic carbocycles. The molecule has 1 aromatic carbocycles. The average molecular weight is 289 g/mol. The molecule has 2 N–H and O–H groups in total. The maximum absolute atomic E-state index is 5.75. The van der Waals surface area contributed by atoms with E-state index in [0.717, 1.165) is 26.8 Å². The predicted molar refractivity (Wildman–Crippen MR) is 71.6 cm³/mol. The third kappa shape index (κ3) is 1.91. The molecule has 0 spiro atoms. The van der Waals surface area contributed by atoms with E-state index in [0.29, 0.717) is 5.82 Å². The van der Waals surface area contributed by atoms with Crippen LogP contribution in [0.1, 0.15) is 0 Å². The minimum Gasteiger partial charge on any atom is -0.456 e. The molecular formula is C13H9BrN2O. The van der Waals surface area contributed by atoms with Crippen molar-refractivity contribution >= 4 is 32.7 Å². The van der Waals surface area contributed by atoms with Crippen LogP contribution in [0.15, 0.2) is 51.5 Å². The maximum atomic E-state index is 5.75. The summed E-state index contributed by atoms with van der Waals surface area (Å²) in [5.74, 6) is 1.30. The standard InChI is InChI=1S/C13H9BrN2O/c14-10-2-3-11-9(5-10)6-12(17-11)8-1-4-13(15)16-7-8/h1-7H,(H2,15,16). The van der Waals surface area contributed by atoms with Crippen molar-refractivity contribution < 1.29 is 4.42 Å². The van der Waals surface area contributed by atoms with Crippen LogP contribution in [0.5, 0.6) is 0 Å². The number of halogens is 1. The zero-order valence-corrected chi connectivity index (χ0v) is 10.4. The molecule has 17 heavy (non-hydrogen) atoms. The van der Waals surface area contributed by atoms with Gasteiger partial charge in [0.1, 0.15) is 17.2 Å². The summed E-state index contributed by atoms with van der Waals surface area (Å²) >= 11 is 3.44. The largest absolute Gasteiger partial charge is 0.456 e. The molecule has 2 heterocycles. The zero-order valence-electron chi connectivity index (χ0n) is 8.85. The lowest BCUT2D eigenvalue weighted by Gasteiger charge is -1.95. The number of pyridine rings is 1. The van der Waals surface area contributed by atoms with Crippen molar-refractivity contribution in [3.63, 3.8) is 0 Å². The summed E-state index contributed by atoms with van der Waals surface area (Å²) < 4.78 is 6.78. The van der Waals surface area contributed by atoms with E-state index in [4.69, 9.17) is 10.2 Å². The highest BCUT2D eigenvalue weighted by Crippen LogP contribution is 2.29. The van der Waals surface area contributed by atoms with Crippen LogP contribution >= 0.6 is 15.9 Å². The van der Waals surface area contributed by atoms with E-state index in [1.807, 2.05) is 30.3 Å². The molecule has 0 saturated carbocycles. The summed E-state index contributed by atoms with van der Waals surface area (Å²) in [6.45, 7) is 0. The fourth-order valence-electron chi connectivity index (χ4n) is 1.71. The van der Waals surface area contributed by atoms with E-state index < -0.39 is 0 Å². The Hall–Kier alpha value is -1.81. The van der Waals surface area contributed by atoms with Gasteiger partial charge >= 0.3 is 0 Å². The van der Waals surface area contributed by atoms with Crippen molar-refractivity contribution in [3.8, 4) is 11.3 Å². The Bertz CT molecular complexity index is 673. The number of nitrogens with two attached hydrogens (primary N) is 1. The molecule has 0 bridgehead atoms. The first-order chi connectivity index (χ1) is 8.22. The molecule has 4 heteroatoms. The van der Waals surface area contributed by atoms with Gasteiger partial charge in [-0.3, -0.25) is 0 Å². The Morgan fingerprint density at radius 3 is 2.76 bits per heavy atom. The minimum absolute atomic E-state index is 0.507. The van der Waals surface area contributed by atoms with Crippen LogP contribution in [0.3, 0.4) is 0 Å². The third-order valence-electron chi connectivity index (χ3n) is 2.55. The zero-order chi connectivity index (χ0) is 11.8. The van der Waals surface area contributed by atoms with Crippen LogP contribution < -0.4 is 5.73 Å². The topological polar surface area (TPSA) is 52.0 Å². The number of nitrogens with zero attached hydrogens (tertiary/aromatic N) is 1. The van der Waals surface area contributed by atoms with Gasteiger partial charge in [-0.1, -0.05) is 15.9 Å². The number of benzene rings is 1. The lowest BCUT2D eigenvalue weighted by atomic mass is 10.2. The number of furan rings is 1. The van der Waals surface area contributed by atoms with Gasteiger partial charge in [0.25, 0.3) is 0 Å². The van der Waals surface area contributed by atoms with Crippen LogP contribution in [-0.2, 0) is 0 Å². The molecule has 2 aromatic heterocycles. The van der Waals surface area contributed by atoms with Gasteiger partial charge in [-0.15, -0.1) is 0 Å². The van der Waals surface area contributed by atoms with E-state index in [1.165, 1.54) is 0 Å². The second-order valence-electron chi connectivity index (χ2n) is 3.76. The number of rotatable bonds is 1. The summed E-state index contributed by atoms with van der Waals surface area (Å²) in [4.78, 5) is 4.05. The molecule has 84 valence electrons. The third-order valence-corrected chi connectivity index (χ3v) is 3.04. The van der Waals surface area contributed by atoms with E-state index in [2.05, 4.69) is 20.9 Å². The molecule has 0 fully saturated rings. The van der Waals surface area contributed by atoms with Gasteiger partial charge in [-0.25, -0.2) is 4.98 Å². The molecule has 3 aromatic rings. The fraction of sp³-hybridized carbons (Fsp3) is 0. The van der Waals surface area contributed by atoms with Crippen LogP contribution in [-0.4, -0.2) is 4.98 Å². The highest BCUT2D eigenvalue weighted by atomic mass is 79.9. The normalized spacial score (nSPS) is 10.9. The summed E-state index contributed by atoms with van der Waals surface area (Å²) in [5.41, 5.74) is 7.34. The molecule has 0 unspecified atom stereocenters. The van der Waals surface area contributed by atoms with Crippen molar-refractivity contribution in [2.75, 3.05) is 5.73 Å². The van der Waals surface area contributed by atoms with Gasteiger partial charge in [-0.05, 0) is 36.4 Å². The summed E-state index contributed by atoms with van der Waals surface area (Å²) in [5, 5.41) is 1.06. The Morgan fingerprint density at radius 2 is 2.00 bits per heavy atom. The minimum atomic E-state index is 0.507. The van der Waals surface area contributed by atoms with Gasteiger partial charge in [0, 0.05) is 21.6 Å². The Kier molecular flexibility index (Phi) is 2.37. The van der Waals surface area contributed by atoms with Crippen molar-refractivity contribution in [2.45, 2.75) is 0 Å². The number of anilines is 1. The second kappa shape index (κ2) is 3.89. The molecule has 0 saturated heterocycles. The van der Waals surface area contributed by atoms with Gasteiger partial charge in [0.2, 0.25) is 0 Å². The average Bonchev–Trinajstić information content (AvgIpc) is 2.72. The SMILES string of the molecule is Nc1ccc(-c2cc3cc(Br)ccc3o2)cn1. The molecule has 0 amide bonds. The Labute approximate surface area is 106 Å². The number of fused-ring (bicyclic) bond motifs is 1. The van der Waals surface area contributed by atoms with Crippen LogP contribution in [0, 0.1) is 0 Å². The molecule has 0 aliphatic heterocycles. The van der Waals surface area contributed by atoms with E-state index >= 15 is 0 Å². The molecular weight excluding hydrogens is 280 g/mol. The second-order valence-corrected chi connectivity index (χ2v) is 4.68. The van der Waals surface area contributed by atoms with E-state index in [9.17, 15) is 0 Å². The molecule has 0 atom stereocenters. The number of hydrogen-bond donors (Lipinski definition) is 1. The van der Waals surface area contributed by atoms with Crippen molar-refractivity contribution in [2.24, 2.45) is 0 Å². The summed E-state index contributed by atoms with van der Waals surface area (Å²) in [7, 11) is 0. The Balaban J connectivity index is 2.14. The van der Waals surface area contributed by atoms with E-state index in [-0.39, 0.29) is 0 Å². The predicted octanol–water partition coefficient (Wildman–Crippen LogP) is 3.84. The molecule has 0 radical (unpaired) electrons. The summed E-state index contributed by atoms with van der Waals surface area (Å²) in [6.07, 6.45) is 1.71. The highest BCUT2D eigenvalue weighted by molar-refractivity contribution is 9.10. The summed E-state index contributed by atoms with van der Waals surface area (Å²) in [6, 6.07) is 11.6. The van der Waals surface area contributed by atoms with Gasteiger partial charge in [0.05, 0.1) is 0 Å². The van der Waals surface area contributed by atoms with Crippen LogP contribution in [0.2, 0.25) is 0 Å². The van der Waals surface area contributed by atoms with Gasteiger partial charge in [-0.2, -0.15) is 0 Å². The number of aromatic nitrogens is 1. The number of hydrogen-bond acceptors (Lipinski definition) is 3. The van der Waals surface area contributed by atoms with Crippen molar-refractivity contribution in [3.05, 3.63) is 47.1 Å². The lowest BCUT2D eigenvalue weighted by molar-refractivity contribution is 0.631. The smallest absolute Gasteiger partial charge is 0.136 e. The van der Waals surface area contributed by atoms with Gasteiger partial charge < -0.3 is 10.2 Å². The number of nitrogen functional groups attached to an aromatic ring is 1. The monoisotopic (exact) mass is 288 g/mol. The Morgan fingerprint density at radius 1 is 1.12 bits per heavy atom.